The lowest BCUT2D eigenvalue weighted by Crippen LogP contribution is -2.20. The molecule has 0 saturated carbocycles. The maximum absolute atomic E-state index is 12.6. The minimum absolute atomic E-state index is 0.0951. The first-order valence-electron chi connectivity index (χ1n) is 7.52. The van der Waals surface area contributed by atoms with Gasteiger partial charge in [0.05, 0.1) is 10.6 Å². The molecule has 0 aromatic heterocycles. The van der Waals surface area contributed by atoms with Crippen LogP contribution in [0.25, 0.3) is 0 Å². The molecule has 1 aliphatic rings. The fourth-order valence-corrected chi connectivity index (χ4v) is 4.38. The molecule has 5 nitrogen and oxygen atoms in total. The van der Waals surface area contributed by atoms with E-state index >= 15 is 0 Å². The molecule has 2 aromatic carbocycles. The number of fused-ring (bicyclic) bond motifs is 1. The highest BCUT2D eigenvalue weighted by molar-refractivity contribution is 7.99. The van der Waals surface area contributed by atoms with Gasteiger partial charge in [-0.15, -0.1) is 11.8 Å². The number of aryl methyl sites for hydroxylation is 1. The number of carbonyl (C=O) groups excluding carboxylic acids is 1. The fraction of sp³-hybridized carbons (Fsp3) is 0.235. The van der Waals surface area contributed by atoms with Gasteiger partial charge in [-0.25, -0.2) is 8.42 Å². The van der Waals surface area contributed by atoms with Crippen molar-refractivity contribution in [1.82, 2.24) is 0 Å². The van der Waals surface area contributed by atoms with E-state index in [1.165, 1.54) is 6.07 Å². The van der Waals surface area contributed by atoms with Crippen molar-refractivity contribution in [3.63, 3.8) is 0 Å². The third-order valence-electron chi connectivity index (χ3n) is 3.76. The molecule has 1 heterocycles. The van der Waals surface area contributed by atoms with Crippen LogP contribution < -0.4 is 10.0 Å². The highest BCUT2D eigenvalue weighted by Gasteiger charge is 2.22. The normalized spacial score (nSPS) is 17.6. The predicted octanol–water partition coefficient (Wildman–Crippen LogP) is 3.48. The second-order valence-electron chi connectivity index (χ2n) is 5.83. The third kappa shape index (κ3) is 3.57. The Morgan fingerprint density at radius 3 is 2.58 bits per heavy atom. The largest absolute Gasteiger partial charge is 0.325 e. The summed E-state index contributed by atoms with van der Waals surface area (Å²) >= 11 is 1.55. The van der Waals surface area contributed by atoms with Crippen molar-refractivity contribution in [2.24, 2.45) is 5.92 Å². The van der Waals surface area contributed by atoms with E-state index in [0.717, 1.165) is 10.5 Å². The molecule has 1 amide bonds. The standard InChI is InChI=1S/C17H18N2O3S2/c1-11-3-5-13(6-4-11)19-24(21,22)14-7-8-16-15(9-14)18-17(20)12(2)10-23-16/h3-9,12,19H,10H2,1-2H3,(H,18,20)/t12-/m1/s1. The number of anilines is 2. The van der Waals surface area contributed by atoms with E-state index in [1.807, 2.05) is 26.0 Å². The lowest BCUT2D eigenvalue weighted by Gasteiger charge is -2.12. The van der Waals surface area contributed by atoms with Gasteiger partial charge in [-0.3, -0.25) is 9.52 Å². The number of benzene rings is 2. The lowest BCUT2D eigenvalue weighted by atomic mass is 10.2. The number of nitrogens with one attached hydrogen (secondary N) is 2. The van der Waals surface area contributed by atoms with Crippen LogP contribution in [0.3, 0.4) is 0 Å². The van der Waals surface area contributed by atoms with Gasteiger partial charge in [-0.2, -0.15) is 0 Å². The SMILES string of the molecule is Cc1ccc(NS(=O)(=O)c2ccc3c(c2)NC(=O)[C@H](C)CS3)cc1. The maximum Gasteiger partial charge on any atom is 0.261 e. The number of hydrogen-bond acceptors (Lipinski definition) is 4. The highest BCUT2D eigenvalue weighted by atomic mass is 32.2. The van der Waals surface area contributed by atoms with E-state index in [9.17, 15) is 13.2 Å². The van der Waals surface area contributed by atoms with Crippen LogP contribution in [0.1, 0.15) is 12.5 Å². The lowest BCUT2D eigenvalue weighted by molar-refractivity contribution is -0.118. The Bertz CT molecular complexity index is 877. The topological polar surface area (TPSA) is 75.3 Å². The molecule has 7 heteroatoms. The third-order valence-corrected chi connectivity index (χ3v) is 6.47. The summed E-state index contributed by atoms with van der Waals surface area (Å²) in [6.07, 6.45) is 0. The molecular weight excluding hydrogens is 344 g/mol. The Hall–Kier alpha value is -1.99. The van der Waals surface area contributed by atoms with Crippen molar-refractivity contribution in [2.45, 2.75) is 23.6 Å². The molecule has 0 saturated heterocycles. The van der Waals surface area contributed by atoms with Crippen molar-refractivity contribution in [3.05, 3.63) is 48.0 Å². The molecule has 0 bridgehead atoms. The molecule has 126 valence electrons. The van der Waals surface area contributed by atoms with Crippen LogP contribution in [-0.4, -0.2) is 20.1 Å². The van der Waals surface area contributed by atoms with Crippen molar-refractivity contribution in [3.8, 4) is 0 Å². The highest BCUT2D eigenvalue weighted by Crippen LogP contribution is 2.34. The van der Waals surface area contributed by atoms with Crippen LogP contribution in [0.2, 0.25) is 0 Å². The number of thioether (sulfide) groups is 1. The number of rotatable bonds is 3. The number of carbonyl (C=O) groups is 1. The van der Waals surface area contributed by atoms with Crippen LogP contribution in [0.15, 0.2) is 52.3 Å². The zero-order valence-corrected chi connectivity index (χ0v) is 15.0. The second kappa shape index (κ2) is 6.49. The first-order valence-corrected chi connectivity index (χ1v) is 9.99. The molecule has 0 radical (unpaired) electrons. The average Bonchev–Trinajstić information content (AvgIpc) is 2.68. The van der Waals surface area contributed by atoms with E-state index in [0.29, 0.717) is 17.1 Å². The molecular formula is C17H18N2O3S2. The summed E-state index contributed by atoms with van der Waals surface area (Å²) in [5.74, 6) is 0.461. The van der Waals surface area contributed by atoms with E-state index in [-0.39, 0.29) is 16.7 Å². The summed E-state index contributed by atoms with van der Waals surface area (Å²) in [6.45, 7) is 3.79. The van der Waals surface area contributed by atoms with Gasteiger partial charge in [-0.05, 0) is 37.3 Å². The van der Waals surface area contributed by atoms with E-state index < -0.39 is 10.0 Å². The van der Waals surface area contributed by atoms with E-state index in [4.69, 9.17) is 0 Å². The molecule has 24 heavy (non-hydrogen) atoms. The van der Waals surface area contributed by atoms with Gasteiger partial charge >= 0.3 is 0 Å². The zero-order valence-electron chi connectivity index (χ0n) is 13.4. The van der Waals surface area contributed by atoms with E-state index in [1.54, 1.807) is 36.0 Å². The maximum atomic E-state index is 12.6. The Balaban J connectivity index is 1.90. The van der Waals surface area contributed by atoms with Crippen LogP contribution in [0, 0.1) is 12.8 Å². The molecule has 3 rings (SSSR count). The summed E-state index contributed by atoms with van der Waals surface area (Å²) in [4.78, 5) is 13.0. The molecule has 0 fully saturated rings. The first kappa shape index (κ1) is 16.9. The van der Waals surface area contributed by atoms with Gasteiger partial charge in [0.1, 0.15) is 0 Å². The minimum atomic E-state index is -3.71. The van der Waals surface area contributed by atoms with Gasteiger partial charge in [0.15, 0.2) is 0 Å². The molecule has 1 aliphatic heterocycles. The van der Waals surface area contributed by atoms with E-state index in [2.05, 4.69) is 10.0 Å². The smallest absolute Gasteiger partial charge is 0.261 e. The average molecular weight is 362 g/mol. The summed E-state index contributed by atoms with van der Waals surface area (Å²) < 4.78 is 27.7. The Morgan fingerprint density at radius 1 is 1.17 bits per heavy atom. The number of hydrogen-bond donors (Lipinski definition) is 2. The van der Waals surface area contributed by atoms with Crippen LogP contribution in [0.4, 0.5) is 11.4 Å². The van der Waals surface area contributed by atoms with Crippen LogP contribution in [0.5, 0.6) is 0 Å². The first-order chi connectivity index (χ1) is 11.3. The van der Waals surface area contributed by atoms with Crippen molar-refractivity contribution < 1.29 is 13.2 Å². The monoisotopic (exact) mass is 362 g/mol. The summed E-state index contributed by atoms with van der Waals surface area (Å²) in [6, 6.07) is 11.9. The second-order valence-corrected chi connectivity index (χ2v) is 8.58. The van der Waals surface area contributed by atoms with Crippen molar-refractivity contribution >= 4 is 39.1 Å². The summed E-state index contributed by atoms with van der Waals surface area (Å²) in [5.41, 5.74) is 2.10. The van der Waals surface area contributed by atoms with Crippen LogP contribution >= 0.6 is 11.8 Å². The van der Waals surface area contributed by atoms with Gasteiger partial charge in [-0.1, -0.05) is 24.6 Å². The molecule has 2 N–H and O–H groups in total. The van der Waals surface area contributed by atoms with Gasteiger partial charge in [0.25, 0.3) is 10.0 Å². The Labute approximate surface area is 145 Å². The van der Waals surface area contributed by atoms with Gasteiger partial charge in [0, 0.05) is 22.3 Å². The quantitative estimate of drug-likeness (QED) is 0.877. The molecule has 0 unspecified atom stereocenters. The number of sulfonamides is 1. The summed E-state index contributed by atoms with van der Waals surface area (Å²) in [5, 5.41) is 2.80. The predicted molar refractivity (Wildman–Crippen MR) is 96.9 cm³/mol. The number of amides is 1. The van der Waals surface area contributed by atoms with Crippen molar-refractivity contribution in [1.29, 1.82) is 0 Å². The Kier molecular flexibility index (Phi) is 4.56. The molecule has 1 atom stereocenters. The molecule has 0 aliphatic carbocycles. The van der Waals surface area contributed by atoms with Crippen molar-refractivity contribution in [2.75, 3.05) is 15.8 Å². The molecule has 0 spiro atoms. The fourth-order valence-electron chi connectivity index (χ4n) is 2.28. The van der Waals surface area contributed by atoms with Gasteiger partial charge < -0.3 is 5.32 Å². The zero-order chi connectivity index (χ0) is 17.3. The van der Waals surface area contributed by atoms with Gasteiger partial charge in [0.2, 0.25) is 5.91 Å². The Morgan fingerprint density at radius 2 is 1.88 bits per heavy atom. The summed E-state index contributed by atoms with van der Waals surface area (Å²) in [7, 11) is -3.71. The van der Waals surface area contributed by atoms with Crippen LogP contribution in [-0.2, 0) is 14.8 Å². The minimum Gasteiger partial charge on any atom is -0.325 e. The molecule has 2 aromatic rings.